The van der Waals surface area contributed by atoms with Crippen LogP contribution in [0.5, 0.6) is 0 Å². The maximum Gasteiger partial charge on any atom is 0.251 e. The number of benzene rings is 2. The summed E-state index contributed by atoms with van der Waals surface area (Å²) in [5, 5.41) is 7.51. The molecule has 1 N–H and O–H groups in total. The number of aromatic nitrogens is 5. The van der Waals surface area contributed by atoms with Crippen molar-refractivity contribution in [3.63, 3.8) is 0 Å². The first-order valence-corrected chi connectivity index (χ1v) is 11.2. The molecule has 2 unspecified atom stereocenters. The van der Waals surface area contributed by atoms with E-state index in [0.717, 1.165) is 22.6 Å². The molecule has 0 saturated carbocycles. The second-order valence-electron chi connectivity index (χ2n) is 8.63. The molecule has 4 aromatic rings. The fourth-order valence-electron chi connectivity index (χ4n) is 3.63. The average molecular weight is 456 g/mol. The number of aryl methyl sites for hydroxylation is 1. The molecule has 2 aromatic heterocycles. The topological polar surface area (TPSA) is 88.8 Å². The lowest BCUT2D eigenvalue weighted by molar-refractivity contribution is 0.0939. The normalized spacial score (nSPS) is 13.0. The average Bonchev–Trinajstić information content (AvgIpc) is 3.34. The number of nitrogens with one attached hydrogen (secondary N) is 1. The lowest BCUT2D eigenvalue weighted by atomic mass is 10.00. The highest BCUT2D eigenvalue weighted by Gasteiger charge is 2.19. The molecular formula is C26H29N7O. The van der Waals surface area contributed by atoms with Gasteiger partial charge in [-0.05, 0) is 64.2 Å². The Bertz CT molecular complexity index is 1270. The molecule has 8 heteroatoms. The first-order valence-electron chi connectivity index (χ1n) is 11.2. The lowest BCUT2D eigenvalue weighted by Gasteiger charge is -2.20. The van der Waals surface area contributed by atoms with Crippen molar-refractivity contribution in [2.24, 2.45) is 0 Å². The summed E-state index contributed by atoms with van der Waals surface area (Å²) in [4.78, 5) is 28.3. The van der Waals surface area contributed by atoms with Gasteiger partial charge in [-0.2, -0.15) is 5.10 Å². The van der Waals surface area contributed by atoms with Crippen LogP contribution in [0.3, 0.4) is 0 Å². The van der Waals surface area contributed by atoms with E-state index < -0.39 is 0 Å². The van der Waals surface area contributed by atoms with Gasteiger partial charge in [0.25, 0.3) is 5.91 Å². The van der Waals surface area contributed by atoms with Crippen LogP contribution in [0.25, 0.3) is 16.8 Å². The molecule has 0 aliphatic carbocycles. The molecule has 4 rings (SSSR count). The van der Waals surface area contributed by atoms with Gasteiger partial charge in [0.05, 0.1) is 29.7 Å². The molecule has 1 amide bonds. The Balaban J connectivity index is 1.76. The zero-order chi connectivity index (χ0) is 24.2. The van der Waals surface area contributed by atoms with Crippen molar-refractivity contribution in [3.05, 3.63) is 90.0 Å². The number of hydrogen-bond acceptors (Lipinski definition) is 6. The summed E-state index contributed by atoms with van der Waals surface area (Å²) < 4.78 is 1.80. The van der Waals surface area contributed by atoms with Crippen LogP contribution < -0.4 is 5.32 Å². The van der Waals surface area contributed by atoms with Crippen LogP contribution in [0.15, 0.2) is 67.4 Å². The first kappa shape index (κ1) is 23.3. The van der Waals surface area contributed by atoms with Gasteiger partial charge in [0.15, 0.2) is 0 Å². The van der Waals surface area contributed by atoms with E-state index in [1.54, 1.807) is 29.6 Å². The smallest absolute Gasteiger partial charge is 0.251 e. The van der Waals surface area contributed by atoms with Crippen LogP contribution in [0.1, 0.15) is 53.4 Å². The number of carbonyl (C=O) groups is 1. The molecule has 0 spiro atoms. The number of rotatable bonds is 7. The van der Waals surface area contributed by atoms with Crippen molar-refractivity contribution in [3.8, 4) is 16.8 Å². The molecule has 2 atom stereocenters. The maximum atomic E-state index is 13.3. The zero-order valence-electron chi connectivity index (χ0n) is 20.1. The standard InChI is InChI=1S/C26H29N7O/c1-17-6-8-20(9-7-17)21-12-22(26(34)31-18(2)24-15-27-10-11-28-24)14-23(13-21)33-25(29-16-30-33)19(3)32(4)5/h6-16,18-19H,1-5H3,(H,31,34). The van der Waals surface area contributed by atoms with E-state index >= 15 is 0 Å². The molecule has 0 radical (unpaired) electrons. The van der Waals surface area contributed by atoms with E-state index in [0.29, 0.717) is 11.3 Å². The van der Waals surface area contributed by atoms with Gasteiger partial charge in [-0.15, -0.1) is 0 Å². The van der Waals surface area contributed by atoms with E-state index in [4.69, 9.17) is 0 Å². The summed E-state index contributed by atoms with van der Waals surface area (Å²) in [6, 6.07) is 13.8. The molecule has 2 aromatic carbocycles. The number of carbonyl (C=O) groups excluding carboxylic acids is 1. The van der Waals surface area contributed by atoms with Gasteiger partial charge < -0.3 is 5.32 Å². The monoisotopic (exact) mass is 455 g/mol. The van der Waals surface area contributed by atoms with E-state index in [-0.39, 0.29) is 18.0 Å². The number of hydrogen-bond donors (Lipinski definition) is 1. The second-order valence-corrected chi connectivity index (χ2v) is 8.63. The fraction of sp³-hybridized carbons (Fsp3) is 0.269. The summed E-state index contributed by atoms with van der Waals surface area (Å²) >= 11 is 0. The Morgan fingerprint density at radius 2 is 1.76 bits per heavy atom. The first-order chi connectivity index (χ1) is 16.3. The summed E-state index contributed by atoms with van der Waals surface area (Å²) in [5.74, 6) is 0.598. The van der Waals surface area contributed by atoms with Gasteiger partial charge in [-0.25, -0.2) is 9.67 Å². The molecule has 0 fully saturated rings. The predicted molar refractivity (Wildman–Crippen MR) is 132 cm³/mol. The van der Waals surface area contributed by atoms with Crippen LogP contribution in [0.2, 0.25) is 0 Å². The summed E-state index contributed by atoms with van der Waals surface area (Å²) in [6.45, 7) is 6.01. The third kappa shape index (κ3) is 5.02. The molecule has 0 aliphatic heterocycles. The largest absolute Gasteiger partial charge is 0.344 e. The minimum absolute atomic E-state index is 0.0412. The Morgan fingerprint density at radius 1 is 1.00 bits per heavy atom. The summed E-state index contributed by atoms with van der Waals surface area (Å²) in [6.07, 6.45) is 6.43. The Labute approximate surface area is 199 Å². The highest BCUT2D eigenvalue weighted by molar-refractivity contribution is 5.96. The van der Waals surface area contributed by atoms with E-state index in [1.807, 2.05) is 39.2 Å². The molecule has 0 aliphatic rings. The van der Waals surface area contributed by atoms with Crippen molar-refractivity contribution in [2.75, 3.05) is 14.1 Å². The van der Waals surface area contributed by atoms with E-state index in [1.165, 1.54) is 5.56 Å². The molecule has 174 valence electrons. The van der Waals surface area contributed by atoms with Crippen molar-refractivity contribution in [1.82, 2.24) is 34.9 Å². The number of amides is 1. The van der Waals surface area contributed by atoms with Gasteiger partial charge in [0, 0.05) is 18.0 Å². The molecule has 2 heterocycles. The van der Waals surface area contributed by atoms with Crippen LogP contribution in [-0.2, 0) is 0 Å². The third-order valence-electron chi connectivity index (χ3n) is 5.91. The van der Waals surface area contributed by atoms with E-state index in [2.05, 4.69) is 68.4 Å². The van der Waals surface area contributed by atoms with Gasteiger partial charge in [-0.1, -0.05) is 29.8 Å². The quantitative estimate of drug-likeness (QED) is 0.450. The van der Waals surface area contributed by atoms with Crippen LogP contribution in [-0.4, -0.2) is 49.6 Å². The highest BCUT2D eigenvalue weighted by atomic mass is 16.1. The van der Waals surface area contributed by atoms with Gasteiger partial charge in [0.2, 0.25) is 0 Å². The van der Waals surface area contributed by atoms with Crippen molar-refractivity contribution < 1.29 is 4.79 Å². The molecule has 0 bridgehead atoms. The Kier molecular flexibility index (Phi) is 6.79. The van der Waals surface area contributed by atoms with Crippen LogP contribution >= 0.6 is 0 Å². The van der Waals surface area contributed by atoms with E-state index in [9.17, 15) is 4.79 Å². The molecule has 8 nitrogen and oxygen atoms in total. The lowest BCUT2D eigenvalue weighted by Crippen LogP contribution is -2.27. The summed E-state index contributed by atoms with van der Waals surface area (Å²) in [7, 11) is 4.00. The fourth-order valence-corrected chi connectivity index (χ4v) is 3.63. The minimum atomic E-state index is -0.289. The van der Waals surface area contributed by atoms with Gasteiger partial charge >= 0.3 is 0 Å². The Hall–Kier alpha value is -3.91. The zero-order valence-corrected chi connectivity index (χ0v) is 20.1. The van der Waals surface area contributed by atoms with Crippen molar-refractivity contribution in [2.45, 2.75) is 32.9 Å². The third-order valence-corrected chi connectivity index (χ3v) is 5.91. The van der Waals surface area contributed by atoms with Crippen LogP contribution in [0, 0.1) is 6.92 Å². The van der Waals surface area contributed by atoms with Crippen LogP contribution in [0.4, 0.5) is 0 Å². The Morgan fingerprint density at radius 3 is 2.44 bits per heavy atom. The van der Waals surface area contributed by atoms with Gasteiger partial charge in [-0.3, -0.25) is 19.7 Å². The van der Waals surface area contributed by atoms with Crippen molar-refractivity contribution >= 4 is 5.91 Å². The molecular weight excluding hydrogens is 426 g/mol. The maximum absolute atomic E-state index is 13.3. The number of nitrogens with zero attached hydrogens (tertiary/aromatic N) is 6. The second kappa shape index (κ2) is 9.93. The molecule has 0 saturated heterocycles. The minimum Gasteiger partial charge on any atom is -0.344 e. The summed E-state index contributed by atoms with van der Waals surface area (Å²) in [5.41, 5.74) is 5.12. The highest BCUT2D eigenvalue weighted by Crippen LogP contribution is 2.27. The molecule has 34 heavy (non-hydrogen) atoms. The predicted octanol–water partition coefficient (Wildman–Crippen LogP) is 4.15. The van der Waals surface area contributed by atoms with Gasteiger partial charge in [0.1, 0.15) is 12.2 Å². The SMILES string of the molecule is Cc1ccc(-c2cc(C(=O)NC(C)c3cnccn3)cc(-n3ncnc3C(C)N(C)C)c2)cc1. The van der Waals surface area contributed by atoms with Crippen molar-refractivity contribution in [1.29, 1.82) is 0 Å².